The molecule has 96 valence electrons. The van der Waals surface area contributed by atoms with Crippen molar-refractivity contribution in [3.05, 3.63) is 28.2 Å². The third kappa shape index (κ3) is 5.52. The molecule has 0 unspecified atom stereocenters. The van der Waals surface area contributed by atoms with Crippen LogP contribution in [0.5, 0.6) is 5.75 Å². The molecule has 0 spiro atoms. The summed E-state index contributed by atoms with van der Waals surface area (Å²) in [5.41, 5.74) is 1.05. The summed E-state index contributed by atoms with van der Waals surface area (Å²) in [5.74, 6) is 0.851. The van der Waals surface area contributed by atoms with Crippen molar-refractivity contribution >= 4 is 15.9 Å². The van der Waals surface area contributed by atoms with Crippen molar-refractivity contribution in [1.29, 1.82) is 0 Å². The number of hydrogen-bond acceptors (Lipinski definition) is 3. The zero-order valence-electron chi connectivity index (χ0n) is 10.1. The summed E-state index contributed by atoms with van der Waals surface area (Å²) >= 11 is 3.43. The van der Waals surface area contributed by atoms with E-state index in [0.717, 1.165) is 41.7 Å². The Morgan fingerprint density at radius 3 is 2.76 bits per heavy atom. The van der Waals surface area contributed by atoms with Gasteiger partial charge in [-0.3, -0.25) is 0 Å². The zero-order valence-corrected chi connectivity index (χ0v) is 11.7. The lowest BCUT2D eigenvalue weighted by Crippen LogP contribution is -1.98. The molecule has 0 heterocycles. The number of methoxy groups -OCH3 is 1. The van der Waals surface area contributed by atoms with Crippen LogP contribution in [0, 0.1) is 0 Å². The van der Waals surface area contributed by atoms with E-state index < -0.39 is 0 Å². The topological polar surface area (TPSA) is 38.7 Å². The quantitative estimate of drug-likeness (QED) is 0.750. The van der Waals surface area contributed by atoms with Gasteiger partial charge in [-0.1, -0.05) is 15.9 Å². The molecule has 0 fully saturated rings. The first-order valence-corrected chi connectivity index (χ1v) is 6.58. The molecular weight excluding hydrogens is 284 g/mol. The highest BCUT2D eigenvalue weighted by molar-refractivity contribution is 9.10. The smallest absolute Gasteiger partial charge is 0.124 e. The summed E-state index contributed by atoms with van der Waals surface area (Å²) < 4.78 is 11.9. The number of hydrogen-bond donors (Lipinski definition) is 1. The summed E-state index contributed by atoms with van der Waals surface area (Å²) in [6.45, 7) is 1.54. The summed E-state index contributed by atoms with van der Waals surface area (Å²) in [4.78, 5) is 0. The number of rotatable bonds is 8. The van der Waals surface area contributed by atoms with E-state index in [9.17, 15) is 0 Å². The van der Waals surface area contributed by atoms with Crippen LogP contribution in [0.1, 0.15) is 24.8 Å². The molecule has 3 nitrogen and oxygen atoms in total. The van der Waals surface area contributed by atoms with Gasteiger partial charge in [-0.15, -0.1) is 0 Å². The third-order valence-electron chi connectivity index (χ3n) is 2.45. The Morgan fingerprint density at radius 1 is 1.24 bits per heavy atom. The molecule has 0 atom stereocenters. The van der Waals surface area contributed by atoms with Crippen LogP contribution in [-0.2, 0) is 11.3 Å². The van der Waals surface area contributed by atoms with Crippen LogP contribution in [0.15, 0.2) is 22.7 Å². The lowest BCUT2D eigenvalue weighted by Gasteiger charge is -2.09. The second-order valence-electron chi connectivity index (χ2n) is 3.79. The average Bonchev–Trinajstić information content (AvgIpc) is 2.34. The van der Waals surface area contributed by atoms with Gasteiger partial charge in [-0.25, -0.2) is 0 Å². The molecule has 4 heteroatoms. The van der Waals surface area contributed by atoms with E-state index in [-0.39, 0.29) is 6.61 Å². The van der Waals surface area contributed by atoms with Gasteiger partial charge in [-0.05, 0) is 37.5 Å². The van der Waals surface area contributed by atoms with Crippen LogP contribution in [0.25, 0.3) is 0 Å². The number of aliphatic hydroxyl groups excluding tert-OH is 1. The Kier molecular flexibility index (Phi) is 7.24. The number of unbranched alkanes of at least 4 members (excludes halogenated alkanes) is 2. The van der Waals surface area contributed by atoms with Gasteiger partial charge < -0.3 is 14.6 Å². The predicted molar refractivity (Wildman–Crippen MR) is 71.3 cm³/mol. The van der Waals surface area contributed by atoms with Crippen LogP contribution < -0.4 is 4.74 Å². The fourth-order valence-corrected chi connectivity index (χ4v) is 1.94. The lowest BCUT2D eigenvalue weighted by atomic mass is 10.2. The maximum absolute atomic E-state index is 8.64. The van der Waals surface area contributed by atoms with Gasteiger partial charge in [0.2, 0.25) is 0 Å². The van der Waals surface area contributed by atoms with Gasteiger partial charge in [0.1, 0.15) is 5.75 Å². The highest BCUT2D eigenvalue weighted by Crippen LogP contribution is 2.23. The van der Waals surface area contributed by atoms with Gasteiger partial charge in [0.05, 0.1) is 13.7 Å². The Morgan fingerprint density at radius 2 is 2.06 bits per heavy atom. The summed E-state index contributed by atoms with van der Waals surface area (Å²) in [7, 11) is 1.66. The SMILES string of the molecule is COc1ccc(Br)cc1COCCCCCO. The van der Waals surface area contributed by atoms with Crippen LogP contribution in [0.2, 0.25) is 0 Å². The van der Waals surface area contributed by atoms with Gasteiger partial charge in [0, 0.05) is 23.2 Å². The lowest BCUT2D eigenvalue weighted by molar-refractivity contribution is 0.113. The molecule has 0 aromatic heterocycles. The first-order chi connectivity index (χ1) is 8.27. The minimum atomic E-state index is 0.263. The van der Waals surface area contributed by atoms with Crippen LogP contribution >= 0.6 is 15.9 Å². The fraction of sp³-hybridized carbons (Fsp3) is 0.538. The fourth-order valence-electron chi connectivity index (χ4n) is 1.53. The molecule has 0 aliphatic rings. The van der Waals surface area contributed by atoms with Crippen LogP contribution in [-0.4, -0.2) is 25.4 Å². The molecule has 0 bridgehead atoms. The molecule has 0 saturated heterocycles. The van der Waals surface area contributed by atoms with Crippen molar-refractivity contribution in [1.82, 2.24) is 0 Å². The van der Waals surface area contributed by atoms with Crippen molar-refractivity contribution in [2.45, 2.75) is 25.9 Å². The van der Waals surface area contributed by atoms with Gasteiger partial charge >= 0.3 is 0 Å². The maximum atomic E-state index is 8.64. The zero-order chi connectivity index (χ0) is 12.5. The second-order valence-corrected chi connectivity index (χ2v) is 4.71. The van der Waals surface area contributed by atoms with Crippen molar-refractivity contribution in [2.24, 2.45) is 0 Å². The first kappa shape index (κ1) is 14.5. The molecule has 1 rings (SSSR count). The Balaban J connectivity index is 2.32. The van der Waals surface area contributed by atoms with E-state index in [2.05, 4.69) is 15.9 Å². The van der Waals surface area contributed by atoms with E-state index in [0.29, 0.717) is 6.61 Å². The Bertz CT molecular complexity index is 328. The normalized spacial score (nSPS) is 10.5. The standard InChI is InChI=1S/C13H19BrO3/c1-16-13-6-5-12(14)9-11(13)10-17-8-4-2-3-7-15/h5-6,9,15H,2-4,7-8,10H2,1H3. The molecule has 0 aliphatic carbocycles. The largest absolute Gasteiger partial charge is 0.496 e. The number of benzene rings is 1. The maximum Gasteiger partial charge on any atom is 0.124 e. The van der Waals surface area contributed by atoms with E-state index in [1.54, 1.807) is 7.11 Å². The minimum Gasteiger partial charge on any atom is -0.496 e. The van der Waals surface area contributed by atoms with E-state index in [1.807, 2.05) is 18.2 Å². The predicted octanol–water partition coefficient (Wildman–Crippen LogP) is 3.14. The number of halogens is 1. The molecule has 0 saturated carbocycles. The molecule has 1 aromatic rings. The Labute approximate surface area is 111 Å². The molecular formula is C13H19BrO3. The van der Waals surface area contributed by atoms with E-state index in [4.69, 9.17) is 14.6 Å². The second kappa shape index (κ2) is 8.50. The molecule has 1 aromatic carbocycles. The van der Waals surface area contributed by atoms with Gasteiger partial charge in [0.25, 0.3) is 0 Å². The monoisotopic (exact) mass is 302 g/mol. The molecule has 0 radical (unpaired) electrons. The van der Waals surface area contributed by atoms with Gasteiger partial charge in [0.15, 0.2) is 0 Å². The summed E-state index contributed by atoms with van der Waals surface area (Å²) in [5, 5.41) is 8.64. The van der Waals surface area contributed by atoms with Crippen LogP contribution in [0.4, 0.5) is 0 Å². The average molecular weight is 303 g/mol. The van der Waals surface area contributed by atoms with Crippen molar-refractivity contribution in [3.8, 4) is 5.75 Å². The van der Waals surface area contributed by atoms with Crippen molar-refractivity contribution < 1.29 is 14.6 Å². The van der Waals surface area contributed by atoms with Crippen LogP contribution in [0.3, 0.4) is 0 Å². The molecule has 0 amide bonds. The highest BCUT2D eigenvalue weighted by Gasteiger charge is 2.03. The summed E-state index contributed by atoms with van der Waals surface area (Å²) in [6, 6.07) is 5.88. The van der Waals surface area contributed by atoms with Crippen molar-refractivity contribution in [2.75, 3.05) is 20.3 Å². The van der Waals surface area contributed by atoms with E-state index in [1.165, 1.54) is 0 Å². The Hall–Kier alpha value is -0.580. The molecule has 1 N–H and O–H groups in total. The summed E-state index contributed by atoms with van der Waals surface area (Å²) in [6.07, 6.45) is 2.84. The number of aliphatic hydroxyl groups is 1. The van der Waals surface area contributed by atoms with E-state index >= 15 is 0 Å². The van der Waals surface area contributed by atoms with Gasteiger partial charge in [-0.2, -0.15) is 0 Å². The molecule has 17 heavy (non-hydrogen) atoms. The third-order valence-corrected chi connectivity index (χ3v) is 2.94. The molecule has 0 aliphatic heterocycles. The minimum absolute atomic E-state index is 0.263. The highest BCUT2D eigenvalue weighted by atomic mass is 79.9. The number of ether oxygens (including phenoxy) is 2. The first-order valence-electron chi connectivity index (χ1n) is 5.79. The van der Waals surface area contributed by atoms with Crippen molar-refractivity contribution in [3.63, 3.8) is 0 Å².